The largest absolute Gasteiger partial charge is 0.325 e. The van der Waals surface area contributed by atoms with Gasteiger partial charge in [0.05, 0.1) is 0 Å². The second-order valence-corrected chi connectivity index (χ2v) is 8.90. The maximum absolute atomic E-state index is 12.7. The van der Waals surface area contributed by atoms with Crippen molar-refractivity contribution in [2.24, 2.45) is 5.92 Å². The number of nitrogens with zero attached hydrogens (tertiary/aromatic N) is 3. The molecular weight excluding hydrogens is 406 g/mol. The van der Waals surface area contributed by atoms with Crippen LogP contribution >= 0.6 is 12.2 Å². The summed E-state index contributed by atoms with van der Waals surface area (Å²) in [4.78, 5) is 15.2. The highest BCUT2D eigenvalue weighted by molar-refractivity contribution is 7.71. The Labute approximate surface area is 188 Å². The van der Waals surface area contributed by atoms with Crippen molar-refractivity contribution in [2.45, 2.75) is 39.8 Å². The number of amides is 1. The van der Waals surface area contributed by atoms with Crippen LogP contribution in [0.25, 0.3) is 11.4 Å². The Kier molecular flexibility index (Phi) is 6.63. The van der Waals surface area contributed by atoms with Crippen LogP contribution in [-0.2, 0) is 17.9 Å². The van der Waals surface area contributed by atoms with Crippen molar-refractivity contribution in [1.29, 1.82) is 0 Å². The second-order valence-electron chi connectivity index (χ2n) is 8.51. The topological polar surface area (TPSA) is 66.0 Å². The van der Waals surface area contributed by atoms with Crippen molar-refractivity contribution in [2.75, 3.05) is 18.4 Å². The van der Waals surface area contributed by atoms with Gasteiger partial charge in [0, 0.05) is 17.8 Å². The van der Waals surface area contributed by atoms with Crippen molar-refractivity contribution in [3.8, 4) is 11.4 Å². The molecule has 0 aliphatic carbocycles. The molecule has 162 valence electrons. The summed E-state index contributed by atoms with van der Waals surface area (Å²) < 4.78 is 2.16. The third-order valence-electron chi connectivity index (χ3n) is 5.86. The lowest BCUT2D eigenvalue weighted by Crippen LogP contribution is -2.32. The molecule has 7 heteroatoms. The predicted molar refractivity (Wildman–Crippen MR) is 126 cm³/mol. The molecule has 1 aliphatic rings. The molecule has 2 heterocycles. The summed E-state index contributed by atoms with van der Waals surface area (Å²) in [6.45, 7) is 7.74. The van der Waals surface area contributed by atoms with Gasteiger partial charge >= 0.3 is 0 Å². The molecule has 2 aromatic carbocycles. The van der Waals surface area contributed by atoms with Gasteiger partial charge in [0.1, 0.15) is 6.54 Å². The zero-order valence-electron chi connectivity index (χ0n) is 18.1. The molecular formula is C24H29N5OS. The maximum atomic E-state index is 12.7. The molecule has 0 atom stereocenters. The number of anilines is 1. The Hall–Kier alpha value is -2.77. The highest BCUT2D eigenvalue weighted by Gasteiger charge is 2.16. The first-order valence-corrected chi connectivity index (χ1v) is 11.2. The van der Waals surface area contributed by atoms with Gasteiger partial charge in [-0.15, -0.1) is 0 Å². The zero-order chi connectivity index (χ0) is 21.8. The monoisotopic (exact) mass is 435 g/mol. The molecule has 1 aromatic heterocycles. The number of benzene rings is 2. The third kappa shape index (κ3) is 5.48. The summed E-state index contributed by atoms with van der Waals surface area (Å²) in [6.07, 6.45) is 2.55. The highest BCUT2D eigenvalue weighted by Crippen LogP contribution is 2.20. The van der Waals surface area contributed by atoms with Crippen LogP contribution in [0.2, 0.25) is 0 Å². The maximum Gasteiger partial charge on any atom is 0.244 e. The van der Waals surface area contributed by atoms with Gasteiger partial charge in [-0.05, 0) is 74.8 Å². The van der Waals surface area contributed by atoms with E-state index in [1.165, 1.54) is 18.4 Å². The molecule has 0 bridgehead atoms. The number of likely N-dealkylation sites (tertiary alicyclic amines) is 1. The average Bonchev–Trinajstić information content (AvgIpc) is 3.11. The number of aryl methyl sites for hydroxylation is 1. The van der Waals surface area contributed by atoms with Crippen molar-refractivity contribution in [3.63, 3.8) is 0 Å². The van der Waals surface area contributed by atoms with E-state index in [2.05, 4.69) is 39.5 Å². The summed E-state index contributed by atoms with van der Waals surface area (Å²) in [5.41, 5.74) is 4.11. The number of carbonyl (C=O) groups is 1. The van der Waals surface area contributed by atoms with Gasteiger partial charge in [0.25, 0.3) is 0 Å². The summed E-state index contributed by atoms with van der Waals surface area (Å²) in [7, 11) is 0. The van der Waals surface area contributed by atoms with Crippen LogP contribution in [-0.4, -0.2) is 38.7 Å². The summed E-state index contributed by atoms with van der Waals surface area (Å²) >= 11 is 5.35. The number of nitrogens with one attached hydrogen (secondary N) is 2. The summed E-state index contributed by atoms with van der Waals surface area (Å²) in [5.74, 6) is 1.36. The van der Waals surface area contributed by atoms with Gasteiger partial charge in [-0.25, -0.2) is 0 Å². The smallest absolute Gasteiger partial charge is 0.244 e. The van der Waals surface area contributed by atoms with Crippen molar-refractivity contribution in [1.82, 2.24) is 19.7 Å². The third-order valence-corrected chi connectivity index (χ3v) is 6.17. The molecule has 2 N–H and O–H groups in total. The molecule has 6 nitrogen and oxygen atoms in total. The number of hydrogen-bond donors (Lipinski definition) is 2. The van der Waals surface area contributed by atoms with E-state index in [4.69, 9.17) is 12.2 Å². The second kappa shape index (κ2) is 9.58. The first-order valence-electron chi connectivity index (χ1n) is 10.8. The molecule has 0 spiro atoms. The standard InChI is InChI=1S/C24H29N5OS/c1-17-10-12-28(13-11-17)15-19-6-8-21(9-7-19)25-22(30)16-29-23(26-27-24(29)31)20-5-3-4-18(2)14-20/h3-9,14,17H,10-13,15-16H2,1-2H3,(H,25,30)(H,27,31). The van der Waals surface area contributed by atoms with E-state index in [1.807, 2.05) is 43.3 Å². The first kappa shape index (κ1) is 21.5. The van der Waals surface area contributed by atoms with Crippen molar-refractivity contribution < 1.29 is 4.79 Å². The van der Waals surface area contributed by atoms with E-state index in [-0.39, 0.29) is 12.5 Å². The fourth-order valence-corrected chi connectivity index (χ4v) is 4.18. The Bertz CT molecular complexity index is 1090. The Balaban J connectivity index is 1.38. The summed E-state index contributed by atoms with van der Waals surface area (Å²) in [6, 6.07) is 16.1. The average molecular weight is 436 g/mol. The molecule has 0 unspecified atom stereocenters. The molecule has 1 fully saturated rings. The number of aromatic nitrogens is 3. The fourth-order valence-electron chi connectivity index (χ4n) is 3.98. The minimum absolute atomic E-state index is 0.103. The molecule has 0 saturated carbocycles. The van der Waals surface area contributed by atoms with Gasteiger partial charge in [0.15, 0.2) is 10.6 Å². The lowest BCUT2D eigenvalue weighted by Gasteiger charge is -2.30. The molecule has 0 radical (unpaired) electrons. The molecule has 1 aliphatic heterocycles. The summed E-state index contributed by atoms with van der Waals surface area (Å²) in [5, 5.41) is 10.1. The number of piperidine rings is 1. The van der Waals surface area contributed by atoms with Gasteiger partial charge < -0.3 is 5.32 Å². The van der Waals surface area contributed by atoms with Gasteiger partial charge in [0.2, 0.25) is 5.91 Å². The van der Waals surface area contributed by atoms with Gasteiger partial charge in [-0.1, -0.05) is 42.8 Å². The van der Waals surface area contributed by atoms with E-state index < -0.39 is 0 Å². The van der Waals surface area contributed by atoms with Gasteiger partial charge in [-0.3, -0.25) is 19.4 Å². The quantitative estimate of drug-likeness (QED) is 0.547. The SMILES string of the molecule is Cc1cccc(-c2n[nH]c(=S)n2CC(=O)Nc2ccc(CN3CCC(C)CC3)cc2)c1. The number of H-pyrrole nitrogens is 1. The predicted octanol–water partition coefficient (Wildman–Crippen LogP) is 4.79. The number of carbonyl (C=O) groups excluding carboxylic acids is 1. The zero-order valence-corrected chi connectivity index (χ0v) is 18.9. The van der Waals surface area contributed by atoms with Crippen molar-refractivity contribution in [3.05, 3.63) is 64.4 Å². The van der Waals surface area contributed by atoms with Crippen LogP contribution < -0.4 is 5.32 Å². The van der Waals surface area contributed by atoms with Crippen LogP contribution in [0.15, 0.2) is 48.5 Å². The van der Waals surface area contributed by atoms with E-state index in [0.29, 0.717) is 10.6 Å². The van der Waals surface area contributed by atoms with Crippen LogP contribution in [0.4, 0.5) is 5.69 Å². The molecule has 31 heavy (non-hydrogen) atoms. The Morgan fingerprint density at radius 2 is 1.94 bits per heavy atom. The van der Waals surface area contributed by atoms with Crippen LogP contribution in [0, 0.1) is 17.6 Å². The number of rotatable bonds is 6. The lowest BCUT2D eigenvalue weighted by molar-refractivity contribution is -0.116. The minimum atomic E-state index is -0.135. The minimum Gasteiger partial charge on any atom is -0.325 e. The van der Waals surface area contributed by atoms with Crippen LogP contribution in [0.5, 0.6) is 0 Å². The van der Waals surface area contributed by atoms with Gasteiger partial charge in [-0.2, -0.15) is 5.10 Å². The van der Waals surface area contributed by atoms with Crippen LogP contribution in [0.1, 0.15) is 30.9 Å². The van der Waals surface area contributed by atoms with E-state index in [9.17, 15) is 4.79 Å². The normalized spacial score (nSPS) is 15.2. The van der Waals surface area contributed by atoms with E-state index >= 15 is 0 Å². The van der Waals surface area contributed by atoms with Crippen LogP contribution in [0.3, 0.4) is 0 Å². The lowest BCUT2D eigenvalue weighted by atomic mass is 9.99. The van der Waals surface area contributed by atoms with E-state index in [0.717, 1.165) is 42.4 Å². The Morgan fingerprint density at radius 1 is 1.19 bits per heavy atom. The first-order chi connectivity index (χ1) is 15.0. The number of hydrogen-bond acceptors (Lipinski definition) is 4. The molecule has 3 aromatic rings. The molecule has 1 amide bonds. The van der Waals surface area contributed by atoms with E-state index in [1.54, 1.807) is 4.57 Å². The number of aromatic amines is 1. The van der Waals surface area contributed by atoms with Crippen molar-refractivity contribution >= 4 is 23.8 Å². The molecule has 4 rings (SSSR count). The Morgan fingerprint density at radius 3 is 2.65 bits per heavy atom. The fraction of sp³-hybridized carbons (Fsp3) is 0.375. The highest BCUT2D eigenvalue weighted by atomic mass is 32.1. The molecule has 1 saturated heterocycles.